The normalized spacial score (nSPS) is 18.7. The Morgan fingerprint density at radius 2 is 1.35 bits per heavy atom. The van der Waals surface area contributed by atoms with Crippen molar-refractivity contribution in [2.24, 2.45) is 0 Å². The second-order valence-corrected chi connectivity index (χ2v) is 12.2. The van der Waals surface area contributed by atoms with Crippen molar-refractivity contribution in [1.29, 1.82) is 0 Å². The van der Waals surface area contributed by atoms with Gasteiger partial charge in [0.25, 0.3) is 0 Å². The van der Waals surface area contributed by atoms with Crippen LogP contribution in [0.25, 0.3) is 0 Å². The van der Waals surface area contributed by atoms with Crippen LogP contribution in [0.5, 0.6) is 0 Å². The average Bonchev–Trinajstić information content (AvgIpc) is 3.02. The summed E-state index contributed by atoms with van der Waals surface area (Å²) >= 11 is -1.92. The van der Waals surface area contributed by atoms with E-state index in [0.717, 1.165) is 0 Å². The SMILES string of the molecule is CC[CH2][Ti]([CH2]CC)([C]1=CC=CC1)[C]1=CC=CC1. The summed E-state index contributed by atoms with van der Waals surface area (Å²) in [5.74, 6) is 0. The molecule has 0 heterocycles. The number of allylic oxidation sites excluding steroid dienone is 8. The molecule has 0 spiro atoms. The van der Waals surface area contributed by atoms with Gasteiger partial charge in [0.1, 0.15) is 0 Å². The molecule has 92 valence electrons. The molecule has 0 amide bonds. The number of hydrogen-bond donors (Lipinski definition) is 0. The minimum atomic E-state index is -1.92. The van der Waals surface area contributed by atoms with Crippen molar-refractivity contribution in [2.75, 3.05) is 0 Å². The van der Waals surface area contributed by atoms with Crippen molar-refractivity contribution in [3.05, 3.63) is 44.2 Å². The molecule has 2 aliphatic rings. The van der Waals surface area contributed by atoms with Gasteiger partial charge in [-0.1, -0.05) is 0 Å². The first-order valence-corrected chi connectivity index (χ1v) is 10.8. The molecule has 0 aromatic rings. The third kappa shape index (κ3) is 2.58. The standard InChI is InChI=1S/2C5H5.2C3H7.Ti/c2*1-2-4-5-3-1;2*1-3-2;/h2*1-3H,4H2;2*1,3H2,2H3;. The summed E-state index contributed by atoms with van der Waals surface area (Å²) in [5.41, 5.74) is 0. The van der Waals surface area contributed by atoms with Crippen LogP contribution >= 0.6 is 0 Å². The van der Waals surface area contributed by atoms with Crippen LogP contribution in [0.2, 0.25) is 9.45 Å². The summed E-state index contributed by atoms with van der Waals surface area (Å²) < 4.78 is 6.66. The van der Waals surface area contributed by atoms with E-state index in [9.17, 15) is 0 Å². The predicted molar refractivity (Wildman–Crippen MR) is 73.9 cm³/mol. The van der Waals surface area contributed by atoms with Gasteiger partial charge in [-0.25, -0.2) is 0 Å². The van der Waals surface area contributed by atoms with Gasteiger partial charge < -0.3 is 0 Å². The van der Waals surface area contributed by atoms with Crippen LogP contribution in [0.1, 0.15) is 39.5 Å². The van der Waals surface area contributed by atoms with Crippen molar-refractivity contribution in [1.82, 2.24) is 0 Å². The summed E-state index contributed by atoms with van der Waals surface area (Å²) in [4.78, 5) is 0. The predicted octanol–water partition coefficient (Wildman–Crippen LogP) is 5.48. The Labute approximate surface area is 110 Å². The Balaban J connectivity index is 2.31. The van der Waals surface area contributed by atoms with Gasteiger partial charge in [0.15, 0.2) is 0 Å². The Kier molecular flexibility index (Phi) is 4.65. The number of hydrogen-bond acceptors (Lipinski definition) is 0. The van der Waals surface area contributed by atoms with Crippen molar-refractivity contribution in [2.45, 2.75) is 49.0 Å². The van der Waals surface area contributed by atoms with Gasteiger partial charge in [-0.2, -0.15) is 0 Å². The molecule has 0 N–H and O–H groups in total. The molecule has 2 aliphatic carbocycles. The molecule has 1 heteroatoms. The zero-order valence-corrected chi connectivity index (χ0v) is 12.8. The molecule has 0 aromatic carbocycles. The summed E-state index contributed by atoms with van der Waals surface area (Å²) in [6.07, 6.45) is 19.4. The van der Waals surface area contributed by atoms with E-state index in [1.165, 1.54) is 35.1 Å². The molecule has 0 nitrogen and oxygen atoms in total. The second kappa shape index (κ2) is 6.02. The zero-order valence-electron chi connectivity index (χ0n) is 11.2. The van der Waals surface area contributed by atoms with Gasteiger partial charge >= 0.3 is 110 Å². The molecule has 0 unspecified atom stereocenters. The van der Waals surface area contributed by atoms with Crippen molar-refractivity contribution >= 4 is 0 Å². The van der Waals surface area contributed by atoms with Gasteiger partial charge in [-0.3, -0.25) is 0 Å². The van der Waals surface area contributed by atoms with E-state index in [0.29, 0.717) is 0 Å². The van der Waals surface area contributed by atoms with E-state index < -0.39 is 16.6 Å². The summed E-state index contributed by atoms with van der Waals surface area (Å²) in [5, 5.41) is 0. The Hall–Kier alpha value is -0.326. The van der Waals surface area contributed by atoms with E-state index in [1.807, 2.05) is 7.76 Å². The average molecular weight is 264 g/mol. The van der Waals surface area contributed by atoms with Crippen LogP contribution in [-0.2, 0) is 16.6 Å². The van der Waals surface area contributed by atoms with E-state index in [1.54, 1.807) is 0 Å². The van der Waals surface area contributed by atoms with E-state index in [2.05, 4.69) is 50.3 Å². The second-order valence-electron chi connectivity index (χ2n) is 5.23. The monoisotopic (exact) mass is 264 g/mol. The third-order valence-electron chi connectivity index (χ3n) is 4.13. The maximum absolute atomic E-state index is 2.45. The van der Waals surface area contributed by atoms with Crippen LogP contribution in [0.3, 0.4) is 0 Å². The molecule has 0 radical (unpaired) electrons. The molecule has 0 saturated carbocycles. The molecule has 0 bridgehead atoms. The van der Waals surface area contributed by atoms with Gasteiger partial charge in [0, 0.05) is 0 Å². The fourth-order valence-corrected chi connectivity index (χ4v) is 12.0. The van der Waals surface area contributed by atoms with Gasteiger partial charge in [0.05, 0.1) is 0 Å². The molecule has 0 saturated heterocycles. The molecular weight excluding hydrogens is 240 g/mol. The number of rotatable bonds is 6. The maximum atomic E-state index is 2.45. The fourth-order valence-electron chi connectivity index (χ4n) is 3.43. The van der Waals surface area contributed by atoms with Crippen molar-refractivity contribution < 1.29 is 16.6 Å². The van der Waals surface area contributed by atoms with Gasteiger partial charge in [-0.05, 0) is 0 Å². The Bertz CT molecular complexity index is 344. The van der Waals surface area contributed by atoms with Crippen LogP contribution in [-0.4, -0.2) is 0 Å². The van der Waals surface area contributed by atoms with Crippen LogP contribution in [0.4, 0.5) is 0 Å². The van der Waals surface area contributed by atoms with Crippen LogP contribution < -0.4 is 0 Å². The van der Waals surface area contributed by atoms with Gasteiger partial charge in [-0.15, -0.1) is 0 Å². The first-order valence-electron chi connectivity index (χ1n) is 7.06. The zero-order chi connectivity index (χ0) is 12.1. The molecule has 0 aromatic heterocycles. The van der Waals surface area contributed by atoms with E-state index >= 15 is 0 Å². The molecule has 17 heavy (non-hydrogen) atoms. The quantitative estimate of drug-likeness (QED) is 0.557. The Morgan fingerprint density at radius 1 is 0.882 bits per heavy atom. The van der Waals surface area contributed by atoms with E-state index in [-0.39, 0.29) is 0 Å². The van der Waals surface area contributed by atoms with Crippen LogP contribution in [0.15, 0.2) is 44.2 Å². The van der Waals surface area contributed by atoms with Crippen LogP contribution in [0, 0.1) is 0 Å². The molecular formula is C16H24Ti. The first-order chi connectivity index (χ1) is 8.33. The summed E-state index contributed by atoms with van der Waals surface area (Å²) in [6, 6.07) is 0. The molecule has 0 fully saturated rings. The molecule has 0 atom stereocenters. The summed E-state index contributed by atoms with van der Waals surface area (Å²) in [7, 11) is 0. The molecule has 2 rings (SSSR count). The van der Waals surface area contributed by atoms with Crippen molar-refractivity contribution in [3.8, 4) is 0 Å². The summed E-state index contributed by atoms with van der Waals surface area (Å²) in [6.45, 7) is 4.73. The fraction of sp³-hybridized carbons (Fsp3) is 0.500. The van der Waals surface area contributed by atoms with Gasteiger partial charge in [0.2, 0.25) is 0 Å². The molecule has 0 aliphatic heterocycles. The Morgan fingerprint density at radius 3 is 1.65 bits per heavy atom. The first kappa shape index (κ1) is 13.1. The van der Waals surface area contributed by atoms with Crippen molar-refractivity contribution in [3.63, 3.8) is 0 Å². The minimum absolute atomic E-state index is 1.25. The third-order valence-corrected chi connectivity index (χ3v) is 13.4. The van der Waals surface area contributed by atoms with E-state index in [4.69, 9.17) is 0 Å². The topological polar surface area (TPSA) is 0 Å².